The summed E-state index contributed by atoms with van der Waals surface area (Å²) in [6.45, 7) is 5.21. The lowest BCUT2D eigenvalue weighted by atomic mass is 10.0. The molecule has 0 unspecified atom stereocenters. The molecule has 196 valence electrons. The largest absolute Gasteiger partial charge is 0.492 e. The van der Waals surface area contributed by atoms with E-state index in [0.29, 0.717) is 35.7 Å². The molecule has 0 radical (unpaired) electrons. The van der Waals surface area contributed by atoms with Crippen LogP contribution in [0.25, 0.3) is 21.5 Å². The normalized spacial score (nSPS) is 11.9. The van der Waals surface area contributed by atoms with Crippen LogP contribution in [0.2, 0.25) is 0 Å². The quantitative estimate of drug-likeness (QED) is 0.0848. The maximum absolute atomic E-state index is 13.1. The highest BCUT2D eigenvalue weighted by Gasteiger charge is 2.22. The highest BCUT2D eigenvalue weighted by molar-refractivity contribution is 7.86. The van der Waals surface area contributed by atoms with Gasteiger partial charge >= 0.3 is 10.1 Å². The average molecular weight is 531 g/mol. The minimum atomic E-state index is -4.33. The highest BCUT2D eigenvalue weighted by atomic mass is 32.2. The number of hydrogen-bond acceptors (Lipinski definition) is 7. The summed E-state index contributed by atoms with van der Waals surface area (Å²) in [5, 5.41) is 16.2. The first kappa shape index (κ1) is 27.0. The predicted octanol–water partition coefficient (Wildman–Crippen LogP) is 6.98. The first-order valence-electron chi connectivity index (χ1n) is 12.7. The lowest BCUT2D eigenvalue weighted by Gasteiger charge is -2.18. The number of oxime groups is 1. The van der Waals surface area contributed by atoms with Gasteiger partial charge in [-0.05, 0) is 31.0 Å². The van der Waals surface area contributed by atoms with Gasteiger partial charge in [-0.25, -0.2) is 0 Å². The second kappa shape index (κ2) is 12.4. The van der Waals surface area contributed by atoms with Gasteiger partial charge in [0.25, 0.3) is 0 Å². The first-order valence-corrected chi connectivity index (χ1v) is 14.1. The van der Waals surface area contributed by atoms with Gasteiger partial charge in [-0.1, -0.05) is 86.4 Å². The summed E-state index contributed by atoms with van der Waals surface area (Å²) >= 11 is 0. The lowest BCUT2D eigenvalue weighted by Crippen LogP contribution is -2.07. The SMILES string of the molecule is CCCCOc1c2ccccc2c(OCCCC)c2cc(S(=O)(=O)O/N=C(/C#N)c3ccccc3)ccc12. The number of hydrogen-bond donors (Lipinski definition) is 0. The standard InChI is InChI=1S/C30H30N2O5S/c1-3-5-18-35-29-24-14-10-11-15-25(24)30(36-19-6-4-2)27-20-23(16-17-26(27)29)38(33,34)37-32-28(21-31)22-12-8-7-9-13-22/h7-17,20H,3-6,18-19H2,1-2H3/b32-28-. The van der Waals surface area contributed by atoms with E-state index in [-0.39, 0.29) is 10.6 Å². The number of nitrogens with zero attached hydrogens (tertiary/aromatic N) is 2. The Labute approximate surface area is 223 Å². The molecule has 0 heterocycles. The average Bonchev–Trinajstić information content (AvgIpc) is 2.94. The molecule has 0 saturated heterocycles. The van der Waals surface area contributed by atoms with Crippen molar-refractivity contribution in [2.45, 2.75) is 44.4 Å². The molecule has 4 rings (SSSR count). The Hall–Kier alpha value is -4.09. The fourth-order valence-electron chi connectivity index (χ4n) is 4.05. The van der Waals surface area contributed by atoms with E-state index in [1.807, 2.05) is 30.3 Å². The second-order valence-corrected chi connectivity index (χ2v) is 10.3. The fourth-order valence-corrected chi connectivity index (χ4v) is 4.80. The van der Waals surface area contributed by atoms with E-state index in [9.17, 15) is 13.7 Å². The van der Waals surface area contributed by atoms with Crippen LogP contribution in [0.3, 0.4) is 0 Å². The fraction of sp³-hybridized carbons (Fsp3) is 0.267. The molecule has 0 N–H and O–H groups in total. The van der Waals surface area contributed by atoms with Gasteiger partial charge in [-0.2, -0.15) is 13.7 Å². The summed E-state index contributed by atoms with van der Waals surface area (Å²) in [7, 11) is -4.33. The smallest absolute Gasteiger partial charge is 0.358 e. The molecular weight excluding hydrogens is 500 g/mol. The van der Waals surface area contributed by atoms with Crippen LogP contribution in [0.1, 0.15) is 45.1 Å². The maximum Gasteiger partial charge on any atom is 0.358 e. The first-order chi connectivity index (χ1) is 18.5. The van der Waals surface area contributed by atoms with Crippen molar-refractivity contribution in [1.29, 1.82) is 5.26 Å². The predicted molar refractivity (Wildman–Crippen MR) is 149 cm³/mol. The number of rotatable bonds is 12. The summed E-state index contributed by atoms with van der Waals surface area (Å²) in [6, 6.07) is 22.9. The van der Waals surface area contributed by atoms with Crippen LogP contribution in [0, 0.1) is 11.3 Å². The number of nitriles is 1. The summed E-state index contributed by atoms with van der Waals surface area (Å²) in [5.74, 6) is 1.28. The van der Waals surface area contributed by atoms with Gasteiger partial charge in [0.1, 0.15) is 22.5 Å². The van der Waals surface area contributed by atoms with Gasteiger partial charge in [0.15, 0.2) is 5.71 Å². The Kier molecular flexibility index (Phi) is 8.82. The topological polar surface area (TPSA) is 98.0 Å². The zero-order valence-electron chi connectivity index (χ0n) is 21.5. The molecule has 7 nitrogen and oxygen atoms in total. The Bertz CT molecular complexity index is 1590. The van der Waals surface area contributed by atoms with Crippen LogP contribution in [-0.4, -0.2) is 27.3 Å². The highest BCUT2D eigenvalue weighted by Crippen LogP contribution is 2.43. The molecule has 4 aromatic carbocycles. The number of fused-ring (bicyclic) bond motifs is 2. The third-order valence-corrected chi connectivity index (χ3v) is 7.16. The molecule has 0 fully saturated rings. The van der Waals surface area contributed by atoms with Crippen molar-refractivity contribution < 1.29 is 22.2 Å². The van der Waals surface area contributed by atoms with E-state index in [4.69, 9.17) is 13.8 Å². The number of ether oxygens (including phenoxy) is 2. The van der Waals surface area contributed by atoms with Crippen molar-refractivity contribution >= 4 is 37.4 Å². The molecule has 0 saturated carbocycles. The Morgan fingerprint density at radius 2 is 1.34 bits per heavy atom. The van der Waals surface area contributed by atoms with E-state index >= 15 is 0 Å². The molecule has 0 aromatic heterocycles. The van der Waals surface area contributed by atoms with E-state index in [2.05, 4.69) is 19.0 Å². The van der Waals surface area contributed by atoms with Crippen LogP contribution in [0.15, 0.2) is 82.8 Å². The number of benzene rings is 4. The molecule has 0 aliphatic carbocycles. The summed E-state index contributed by atoms with van der Waals surface area (Å²) in [4.78, 5) is -0.103. The van der Waals surface area contributed by atoms with Crippen molar-refractivity contribution in [3.63, 3.8) is 0 Å². The maximum atomic E-state index is 13.1. The van der Waals surface area contributed by atoms with Gasteiger partial charge in [0.05, 0.1) is 13.2 Å². The van der Waals surface area contributed by atoms with Crippen LogP contribution >= 0.6 is 0 Å². The Morgan fingerprint density at radius 1 is 0.789 bits per heavy atom. The van der Waals surface area contributed by atoms with Crippen LogP contribution in [0.4, 0.5) is 0 Å². The van der Waals surface area contributed by atoms with Gasteiger partial charge in [0, 0.05) is 27.1 Å². The molecule has 0 aliphatic rings. The van der Waals surface area contributed by atoms with Crippen molar-refractivity contribution in [2.75, 3.05) is 13.2 Å². The van der Waals surface area contributed by atoms with Gasteiger partial charge < -0.3 is 9.47 Å². The van der Waals surface area contributed by atoms with E-state index in [0.717, 1.165) is 41.8 Å². The Balaban J connectivity index is 1.83. The van der Waals surface area contributed by atoms with Crippen molar-refractivity contribution in [3.8, 4) is 17.6 Å². The molecule has 0 aliphatic heterocycles. The number of unbranched alkanes of at least 4 members (excludes halogenated alkanes) is 2. The third kappa shape index (κ3) is 5.90. The zero-order chi connectivity index (χ0) is 27.0. The Morgan fingerprint density at radius 3 is 1.92 bits per heavy atom. The summed E-state index contributed by atoms with van der Waals surface area (Å²) in [5.41, 5.74) is 0.312. The van der Waals surface area contributed by atoms with E-state index in [1.165, 1.54) is 12.1 Å². The van der Waals surface area contributed by atoms with E-state index < -0.39 is 10.1 Å². The molecule has 4 aromatic rings. The molecule has 0 atom stereocenters. The monoisotopic (exact) mass is 530 g/mol. The molecule has 0 amide bonds. The minimum absolute atomic E-state index is 0.103. The van der Waals surface area contributed by atoms with Gasteiger partial charge in [-0.15, -0.1) is 0 Å². The molecular formula is C30H30N2O5S. The van der Waals surface area contributed by atoms with Gasteiger partial charge in [0.2, 0.25) is 0 Å². The third-order valence-electron chi connectivity index (χ3n) is 6.05. The minimum Gasteiger partial charge on any atom is -0.492 e. The van der Waals surface area contributed by atoms with Crippen LogP contribution in [-0.2, 0) is 14.4 Å². The van der Waals surface area contributed by atoms with E-state index in [1.54, 1.807) is 36.4 Å². The van der Waals surface area contributed by atoms with Crippen LogP contribution in [0.5, 0.6) is 11.5 Å². The van der Waals surface area contributed by atoms with Gasteiger partial charge in [-0.3, -0.25) is 4.28 Å². The van der Waals surface area contributed by atoms with Crippen LogP contribution < -0.4 is 9.47 Å². The molecule has 38 heavy (non-hydrogen) atoms. The van der Waals surface area contributed by atoms with Crippen molar-refractivity contribution in [1.82, 2.24) is 0 Å². The van der Waals surface area contributed by atoms with Crippen molar-refractivity contribution in [3.05, 3.63) is 78.4 Å². The zero-order valence-corrected chi connectivity index (χ0v) is 22.3. The second-order valence-electron chi connectivity index (χ2n) is 8.76. The summed E-state index contributed by atoms with van der Waals surface area (Å²) in [6.07, 6.45) is 3.70. The van der Waals surface area contributed by atoms with Crippen molar-refractivity contribution in [2.24, 2.45) is 5.16 Å². The lowest BCUT2D eigenvalue weighted by molar-refractivity contribution is 0.311. The molecule has 8 heteroatoms. The molecule has 0 bridgehead atoms. The molecule has 0 spiro atoms. The summed E-state index contributed by atoms with van der Waals surface area (Å²) < 4.78 is 43.7.